The lowest BCUT2D eigenvalue weighted by molar-refractivity contribution is 0.102. The number of hydrogen-bond acceptors (Lipinski definition) is 5. The molecule has 0 saturated carbocycles. The van der Waals surface area contributed by atoms with Crippen molar-refractivity contribution in [3.63, 3.8) is 0 Å². The van der Waals surface area contributed by atoms with E-state index in [1.54, 1.807) is 24.3 Å². The summed E-state index contributed by atoms with van der Waals surface area (Å²) in [5, 5.41) is 7.95. The number of amides is 1. The van der Waals surface area contributed by atoms with Gasteiger partial charge in [0.1, 0.15) is 10.7 Å². The lowest BCUT2D eigenvalue weighted by Gasteiger charge is -2.05. The Kier molecular flexibility index (Phi) is 4.40. The predicted molar refractivity (Wildman–Crippen MR) is 90.5 cm³/mol. The maximum absolute atomic E-state index is 12.4. The smallest absolute Gasteiger partial charge is 0.298 e. The number of anilines is 1. The van der Waals surface area contributed by atoms with Gasteiger partial charge in [0.25, 0.3) is 11.5 Å². The maximum atomic E-state index is 12.4. The highest BCUT2D eigenvalue weighted by Crippen LogP contribution is 2.17. The van der Waals surface area contributed by atoms with Crippen LogP contribution in [0.5, 0.6) is 0 Å². The number of hydrogen-bond donors (Lipinski definition) is 1. The minimum atomic E-state index is -0.460. The molecule has 1 aromatic carbocycles. The molecule has 0 aliphatic heterocycles. The van der Waals surface area contributed by atoms with E-state index in [0.717, 1.165) is 17.8 Å². The molecule has 0 radical (unpaired) electrons. The normalized spacial score (nSPS) is 10.9. The standard InChI is InChI=1S/C15H13ClN4O2S/c1-2-5-12-19-20-14(22)11(8-17-15(20)23-12)18-13(21)9-6-3-4-7-10(9)16/h3-4,6-8H,2,5H2,1H3,(H,18,21). The van der Waals surface area contributed by atoms with Crippen molar-refractivity contribution in [3.8, 4) is 0 Å². The molecule has 0 bridgehead atoms. The number of benzene rings is 1. The number of rotatable bonds is 4. The summed E-state index contributed by atoms with van der Waals surface area (Å²) in [5.74, 6) is -0.460. The van der Waals surface area contributed by atoms with Crippen molar-refractivity contribution in [2.75, 3.05) is 5.32 Å². The molecular formula is C15H13ClN4O2S. The number of halogens is 1. The molecule has 1 N–H and O–H groups in total. The van der Waals surface area contributed by atoms with Crippen molar-refractivity contribution >= 4 is 39.5 Å². The molecule has 0 atom stereocenters. The van der Waals surface area contributed by atoms with Gasteiger partial charge in [-0.1, -0.05) is 42.0 Å². The van der Waals surface area contributed by atoms with E-state index in [4.69, 9.17) is 11.6 Å². The molecule has 0 unspecified atom stereocenters. The monoisotopic (exact) mass is 348 g/mol. The van der Waals surface area contributed by atoms with Gasteiger partial charge in [0.15, 0.2) is 0 Å². The summed E-state index contributed by atoms with van der Waals surface area (Å²) in [5.41, 5.74) is -0.0432. The highest BCUT2D eigenvalue weighted by molar-refractivity contribution is 7.16. The zero-order valence-electron chi connectivity index (χ0n) is 12.2. The van der Waals surface area contributed by atoms with E-state index in [2.05, 4.69) is 15.4 Å². The predicted octanol–water partition coefficient (Wildman–Crippen LogP) is 3.01. The fourth-order valence-electron chi connectivity index (χ4n) is 2.06. The molecule has 0 aliphatic carbocycles. The van der Waals surface area contributed by atoms with Crippen LogP contribution < -0.4 is 10.9 Å². The molecule has 8 heteroatoms. The first kappa shape index (κ1) is 15.6. The van der Waals surface area contributed by atoms with E-state index in [0.29, 0.717) is 15.5 Å². The van der Waals surface area contributed by atoms with Crippen LogP contribution in [0.4, 0.5) is 5.69 Å². The van der Waals surface area contributed by atoms with Crippen LogP contribution in [0, 0.1) is 0 Å². The van der Waals surface area contributed by atoms with E-state index in [1.807, 2.05) is 6.92 Å². The third-order valence-electron chi connectivity index (χ3n) is 3.16. The van der Waals surface area contributed by atoms with E-state index in [1.165, 1.54) is 22.0 Å². The molecule has 2 heterocycles. The summed E-state index contributed by atoms with van der Waals surface area (Å²) in [4.78, 5) is 29.4. The van der Waals surface area contributed by atoms with Crippen molar-refractivity contribution in [1.82, 2.24) is 14.6 Å². The zero-order valence-corrected chi connectivity index (χ0v) is 13.8. The van der Waals surface area contributed by atoms with Crippen molar-refractivity contribution in [2.45, 2.75) is 19.8 Å². The van der Waals surface area contributed by atoms with E-state index in [9.17, 15) is 9.59 Å². The van der Waals surface area contributed by atoms with Gasteiger partial charge in [-0.05, 0) is 18.6 Å². The average Bonchev–Trinajstić information content (AvgIpc) is 2.94. The fourth-order valence-corrected chi connectivity index (χ4v) is 3.24. The van der Waals surface area contributed by atoms with Crippen LogP contribution in [0.2, 0.25) is 5.02 Å². The van der Waals surface area contributed by atoms with Crippen LogP contribution in [0.3, 0.4) is 0 Å². The second kappa shape index (κ2) is 6.47. The molecule has 6 nitrogen and oxygen atoms in total. The van der Waals surface area contributed by atoms with Gasteiger partial charge in [-0.3, -0.25) is 9.59 Å². The summed E-state index contributed by atoms with van der Waals surface area (Å²) in [6.45, 7) is 2.04. The van der Waals surface area contributed by atoms with Gasteiger partial charge in [-0.15, -0.1) is 0 Å². The number of carbonyl (C=O) groups is 1. The third-order valence-corrected chi connectivity index (χ3v) is 4.47. The zero-order chi connectivity index (χ0) is 16.4. The van der Waals surface area contributed by atoms with Gasteiger partial charge < -0.3 is 5.32 Å². The number of aromatic nitrogens is 3. The average molecular weight is 349 g/mol. The van der Waals surface area contributed by atoms with Crippen LogP contribution in [-0.2, 0) is 6.42 Å². The summed E-state index contributed by atoms with van der Waals surface area (Å²) < 4.78 is 1.22. The first-order valence-electron chi connectivity index (χ1n) is 7.03. The third kappa shape index (κ3) is 3.11. The minimum Gasteiger partial charge on any atom is -0.316 e. The Labute approximate surface area is 140 Å². The fraction of sp³-hybridized carbons (Fsp3) is 0.200. The quantitative estimate of drug-likeness (QED) is 0.786. The van der Waals surface area contributed by atoms with Crippen molar-refractivity contribution in [2.24, 2.45) is 0 Å². The van der Waals surface area contributed by atoms with Gasteiger partial charge in [0.05, 0.1) is 16.8 Å². The molecule has 0 spiro atoms. The number of nitrogens with zero attached hydrogens (tertiary/aromatic N) is 3. The molecule has 0 aliphatic rings. The van der Waals surface area contributed by atoms with Crippen LogP contribution >= 0.6 is 22.9 Å². The van der Waals surface area contributed by atoms with Crippen molar-refractivity contribution in [1.29, 1.82) is 0 Å². The van der Waals surface area contributed by atoms with E-state index < -0.39 is 11.5 Å². The van der Waals surface area contributed by atoms with Gasteiger partial charge in [0.2, 0.25) is 4.96 Å². The Morgan fingerprint density at radius 1 is 1.39 bits per heavy atom. The molecule has 118 valence electrons. The lowest BCUT2D eigenvalue weighted by atomic mass is 10.2. The van der Waals surface area contributed by atoms with Gasteiger partial charge in [-0.2, -0.15) is 9.61 Å². The van der Waals surface area contributed by atoms with Gasteiger partial charge in [-0.25, -0.2) is 4.98 Å². The molecule has 1 amide bonds. The van der Waals surface area contributed by atoms with Crippen LogP contribution in [-0.4, -0.2) is 20.5 Å². The van der Waals surface area contributed by atoms with Crippen LogP contribution in [0.1, 0.15) is 28.7 Å². The van der Waals surface area contributed by atoms with Crippen molar-refractivity contribution < 1.29 is 4.79 Å². The molecule has 0 saturated heterocycles. The summed E-state index contributed by atoms with van der Waals surface area (Å²) >= 11 is 7.36. The number of fused-ring (bicyclic) bond motifs is 1. The minimum absolute atomic E-state index is 0.0702. The number of nitrogens with one attached hydrogen (secondary N) is 1. The SMILES string of the molecule is CCCc1nn2c(=O)c(NC(=O)c3ccccc3Cl)cnc2s1. The molecule has 2 aromatic heterocycles. The highest BCUT2D eigenvalue weighted by Gasteiger charge is 2.14. The van der Waals surface area contributed by atoms with E-state index in [-0.39, 0.29) is 5.69 Å². The second-order valence-electron chi connectivity index (χ2n) is 4.85. The molecule has 23 heavy (non-hydrogen) atoms. The maximum Gasteiger partial charge on any atom is 0.298 e. The van der Waals surface area contributed by atoms with Crippen LogP contribution in [0.25, 0.3) is 4.96 Å². The Morgan fingerprint density at radius 2 is 2.17 bits per heavy atom. The van der Waals surface area contributed by atoms with E-state index >= 15 is 0 Å². The lowest BCUT2D eigenvalue weighted by Crippen LogP contribution is -2.23. The highest BCUT2D eigenvalue weighted by atomic mass is 35.5. The van der Waals surface area contributed by atoms with Gasteiger partial charge in [0, 0.05) is 6.42 Å². The Hall–Kier alpha value is -2.25. The summed E-state index contributed by atoms with van der Waals surface area (Å²) in [7, 11) is 0. The summed E-state index contributed by atoms with van der Waals surface area (Å²) in [6.07, 6.45) is 3.07. The second-order valence-corrected chi connectivity index (χ2v) is 6.30. The Morgan fingerprint density at radius 3 is 2.91 bits per heavy atom. The Bertz CT molecular complexity index is 935. The molecular weight excluding hydrogens is 336 g/mol. The van der Waals surface area contributed by atoms with Crippen molar-refractivity contribution in [3.05, 3.63) is 56.4 Å². The Balaban J connectivity index is 1.94. The largest absolute Gasteiger partial charge is 0.316 e. The van der Waals surface area contributed by atoms with Crippen LogP contribution in [0.15, 0.2) is 35.3 Å². The first-order valence-corrected chi connectivity index (χ1v) is 8.23. The molecule has 3 rings (SSSR count). The first-order chi connectivity index (χ1) is 11.1. The number of carbonyl (C=O) groups excluding carboxylic acids is 1. The number of aryl methyl sites for hydroxylation is 1. The van der Waals surface area contributed by atoms with Gasteiger partial charge >= 0.3 is 0 Å². The molecule has 3 aromatic rings. The molecule has 0 fully saturated rings. The summed E-state index contributed by atoms with van der Waals surface area (Å²) in [6, 6.07) is 6.63. The topological polar surface area (TPSA) is 76.4 Å².